The summed E-state index contributed by atoms with van der Waals surface area (Å²) in [5.74, 6) is -0.533. The van der Waals surface area contributed by atoms with Crippen LogP contribution in [-0.2, 0) is 11.3 Å². The van der Waals surface area contributed by atoms with Crippen LogP contribution < -0.4 is 15.4 Å². The lowest BCUT2D eigenvalue weighted by Crippen LogP contribution is -2.53. The Morgan fingerprint density at radius 2 is 1.81 bits per heavy atom. The fourth-order valence-corrected chi connectivity index (χ4v) is 4.32. The molecule has 4 rings (SSSR count). The molecule has 188 valence electrons. The van der Waals surface area contributed by atoms with Crippen molar-refractivity contribution in [1.82, 2.24) is 15.5 Å². The molecule has 8 nitrogen and oxygen atoms in total. The van der Waals surface area contributed by atoms with Crippen molar-refractivity contribution in [2.45, 2.75) is 25.4 Å². The molecule has 3 amide bonds. The zero-order chi connectivity index (χ0) is 25.5. The molecular weight excluding hydrogens is 465 g/mol. The monoisotopic (exact) mass is 493 g/mol. The van der Waals surface area contributed by atoms with Crippen LogP contribution in [0.1, 0.15) is 39.3 Å². The Morgan fingerprint density at radius 3 is 2.50 bits per heavy atom. The predicted molar refractivity (Wildman–Crippen MR) is 130 cm³/mol. The normalized spacial score (nSPS) is 14.7. The van der Waals surface area contributed by atoms with Gasteiger partial charge in [-0.2, -0.15) is 0 Å². The molecule has 0 saturated carbocycles. The van der Waals surface area contributed by atoms with E-state index in [1.165, 1.54) is 31.6 Å². The number of halogens is 1. The molecule has 3 aromatic rings. The van der Waals surface area contributed by atoms with Crippen molar-refractivity contribution in [3.8, 4) is 5.75 Å². The van der Waals surface area contributed by atoms with E-state index in [1.807, 2.05) is 0 Å². The van der Waals surface area contributed by atoms with Crippen molar-refractivity contribution in [2.75, 3.05) is 20.2 Å². The van der Waals surface area contributed by atoms with E-state index in [-0.39, 0.29) is 29.8 Å². The maximum absolute atomic E-state index is 13.6. The molecule has 2 heterocycles. The SMILES string of the molecule is COc1cccc(C(=O)NC(C(=O)NCc2ccco2)C2CCN(C(=O)c3cccc(F)c3)CC2)c1. The number of hydrogen-bond donors (Lipinski definition) is 2. The quantitative estimate of drug-likeness (QED) is 0.501. The van der Waals surface area contributed by atoms with Crippen LogP contribution in [-0.4, -0.2) is 48.9 Å². The first-order chi connectivity index (χ1) is 17.4. The van der Waals surface area contributed by atoms with Gasteiger partial charge in [0, 0.05) is 24.2 Å². The lowest BCUT2D eigenvalue weighted by Gasteiger charge is -2.36. The third kappa shape index (κ3) is 6.10. The molecule has 2 aromatic carbocycles. The molecule has 1 aliphatic rings. The van der Waals surface area contributed by atoms with Crippen LogP contribution in [0.5, 0.6) is 5.75 Å². The molecule has 0 aliphatic carbocycles. The summed E-state index contributed by atoms with van der Waals surface area (Å²) < 4.78 is 24.1. The maximum Gasteiger partial charge on any atom is 0.253 e. The van der Waals surface area contributed by atoms with Gasteiger partial charge in [-0.25, -0.2) is 4.39 Å². The number of likely N-dealkylation sites (tertiary alicyclic amines) is 1. The Kier molecular flexibility index (Phi) is 7.99. The zero-order valence-corrected chi connectivity index (χ0v) is 19.9. The Bertz CT molecular complexity index is 1210. The van der Waals surface area contributed by atoms with Crippen molar-refractivity contribution in [3.63, 3.8) is 0 Å². The van der Waals surface area contributed by atoms with Gasteiger partial charge in [0.2, 0.25) is 5.91 Å². The van der Waals surface area contributed by atoms with Gasteiger partial charge in [-0.1, -0.05) is 12.1 Å². The highest BCUT2D eigenvalue weighted by Crippen LogP contribution is 2.24. The molecule has 1 aromatic heterocycles. The topological polar surface area (TPSA) is 101 Å². The Labute approximate surface area is 208 Å². The van der Waals surface area contributed by atoms with Crippen LogP contribution in [0.4, 0.5) is 4.39 Å². The van der Waals surface area contributed by atoms with E-state index in [9.17, 15) is 18.8 Å². The van der Waals surface area contributed by atoms with Crippen molar-refractivity contribution >= 4 is 17.7 Å². The number of amides is 3. The maximum atomic E-state index is 13.6. The molecule has 1 aliphatic heterocycles. The van der Waals surface area contributed by atoms with E-state index in [0.29, 0.717) is 43.0 Å². The van der Waals surface area contributed by atoms with Gasteiger partial charge in [0.15, 0.2) is 0 Å². The van der Waals surface area contributed by atoms with Crippen molar-refractivity contribution in [3.05, 3.63) is 89.6 Å². The molecule has 2 N–H and O–H groups in total. The Balaban J connectivity index is 1.45. The fourth-order valence-electron chi connectivity index (χ4n) is 4.32. The first kappa shape index (κ1) is 25.0. The smallest absolute Gasteiger partial charge is 0.253 e. The number of nitrogens with one attached hydrogen (secondary N) is 2. The minimum Gasteiger partial charge on any atom is -0.497 e. The summed E-state index contributed by atoms with van der Waals surface area (Å²) in [6, 6.07) is 14.9. The van der Waals surface area contributed by atoms with Crippen LogP contribution in [0.25, 0.3) is 0 Å². The third-order valence-corrected chi connectivity index (χ3v) is 6.29. The largest absolute Gasteiger partial charge is 0.497 e. The number of furan rings is 1. The summed E-state index contributed by atoms with van der Waals surface area (Å²) in [5, 5.41) is 5.71. The number of nitrogens with zero attached hydrogens (tertiary/aromatic N) is 1. The van der Waals surface area contributed by atoms with E-state index in [2.05, 4.69) is 10.6 Å². The average Bonchev–Trinajstić information content (AvgIpc) is 3.44. The summed E-state index contributed by atoms with van der Waals surface area (Å²) in [5.41, 5.74) is 0.657. The van der Waals surface area contributed by atoms with Gasteiger partial charge < -0.3 is 24.7 Å². The van der Waals surface area contributed by atoms with Crippen molar-refractivity contribution in [2.24, 2.45) is 5.92 Å². The summed E-state index contributed by atoms with van der Waals surface area (Å²) in [6.07, 6.45) is 2.52. The number of carbonyl (C=O) groups is 3. The minimum absolute atomic E-state index is 0.189. The molecule has 1 atom stereocenters. The highest BCUT2D eigenvalue weighted by atomic mass is 19.1. The molecule has 0 spiro atoms. The number of carbonyl (C=O) groups excluding carboxylic acids is 3. The van der Waals surface area contributed by atoms with Crippen molar-refractivity contribution < 1.29 is 27.9 Å². The first-order valence-corrected chi connectivity index (χ1v) is 11.7. The van der Waals surface area contributed by atoms with Gasteiger partial charge in [-0.3, -0.25) is 14.4 Å². The highest BCUT2D eigenvalue weighted by molar-refractivity contribution is 5.98. The number of methoxy groups -OCH3 is 1. The molecule has 1 unspecified atom stereocenters. The second kappa shape index (κ2) is 11.5. The van der Waals surface area contributed by atoms with E-state index in [4.69, 9.17) is 9.15 Å². The second-order valence-electron chi connectivity index (χ2n) is 8.62. The number of rotatable bonds is 8. The number of hydrogen-bond acceptors (Lipinski definition) is 5. The Hall–Kier alpha value is -4.14. The van der Waals surface area contributed by atoms with E-state index in [0.717, 1.165) is 0 Å². The second-order valence-corrected chi connectivity index (χ2v) is 8.62. The van der Waals surface area contributed by atoms with Gasteiger partial charge in [0.25, 0.3) is 11.8 Å². The number of benzene rings is 2. The average molecular weight is 494 g/mol. The third-order valence-electron chi connectivity index (χ3n) is 6.29. The van der Waals surface area contributed by atoms with Crippen LogP contribution >= 0.6 is 0 Å². The van der Waals surface area contributed by atoms with Crippen LogP contribution in [0.2, 0.25) is 0 Å². The van der Waals surface area contributed by atoms with Gasteiger partial charge in [0.1, 0.15) is 23.4 Å². The summed E-state index contributed by atoms with van der Waals surface area (Å²) in [4.78, 5) is 40.7. The molecule has 0 radical (unpaired) electrons. The van der Waals surface area contributed by atoms with Gasteiger partial charge in [0.05, 0.1) is 19.9 Å². The highest BCUT2D eigenvalue weighted by Gasteiger charge is 2.34. The van der Waals surface area contributed by atoms with E-state index >= 15 is 0 Å². The molecule has 9 heteroatoms. The van der Waals surface area contributed by atoms with Gasteiger partial charge >= 0.3 is 0 Å². The van der Waals surface area contributed by atoms with Crippen molar-refractivity contribution in [1.29, 1.82) is 0 Å². The number of ether oxygens (including phenoxy) is 1. The van der Waals surface area contributed by atoms with Crippen LogP contribution in [0.3, 0.4) is 0 Å². The summed E-state index contributed by atoms with van der Waals surface area (Å²) in [7, 11) is 1.51. The molecule has 0 bridgehead atoms. The van der Waals surface area contributed by atoms with Gasteiger partial charge in [-0.05, 0) is 67.3 Å². The minimum atomic E-state index is -0.815. The zero-order valence-electron chi connectivity index (χ0n) is 19.9. The van der Waals surface area contributed by atoms with E-state index in [1.54, 1.807) is 47.4 Å². The molecule has 1 saturated heterocycles. The predicted octanol–water partition coefficient (Wildman–Crippen LogP) is 3.39. The standard InChI is InChI=1S/C27H28FN3O5/c1-35-22-8-3-5-19(16-22)25(32)30-24(26(33)29-17-23-9-4-14-36-23)18-10-12-31(13-11-18)27(34)20-6-2-7-21(28)15-20/h2-9,14-16,18,24H,10-13,17H2,1H3,(H,29,33)(H,30,32). The first-order valence-electron chi connectivity index (χ1n) is 11.7. The summed E-state index contributed by atoms with van der Waals surface area (Å²) >= 11 is 0. The number of piperidine rings is 1. The molecule has 36 heavy (non-hydrogen) atoms. The Morgan fingerprint density at radius 1 is 1.06 bits per heavy atom. The lowest BCUT2D eigenvalue weighted by molar-refractivity contribution is -0.124. The molecular formula is C27H28FN3O5. The fraction of sp³-hybridized carbons (Fsp3) is 0.296. The summed E-state index contributed by atoms with van der Waals surface area (Å²) in [6.45, 7) is 0.961. The van der Waals surface area contributed by atoms with Crippen LogP contribution in [0, 0.1) is 11.7 Å². The lowest BCUT2D eigenvalue weighted by atomic mass is 9.88. The van der Waals surface area contributed by atoms with Crippen LogP contribution in [0.15, 0.2) is 71.3 Å². The van der Waals surface area contributed by atoms with Gasteiger partial charge in [-0.15, -0.1) is 0 Å². The molecule has 1 fully saturated rings. The van der Waals surface area contributed by atoms with E-state index < -0.39 is 17.8 Å².